The third kappa shape index (κ3) is 397. The van der Waals surface area contributed by atoms with E-state index in [4.69, 9.17) is 19.8 Å². The monoisotopic (exact) mass is 418 g/mol. The van der Waals surface area contributed by atoms with E-state index < -0.39 is 11.9 Å². The summed E-state index contributed by atoms with van der Waals surface area (Å²) in [5, 5.41) is 14.8. The fraction of sp³-hybridized carbons (Fsp3) is 0.500. The SMILES string of the molecule is CC(=O)O.CC(=O)O.O.[Ce].[Ce]. The molecule has 64 valence electrons. The van der Waals surface area contributed by atoms with Crippen molar-refractivity contribution in [1.29, 1.82) is 0 Å². The van der Waals surface area contributed by atoms with Gasteiger partial charge in [-0.3, -0.25) is 9.59 Å². The molecular weight excluding hydrogens is 408 g/mol. The van der Waals surface area contributed by atoms with Crippen LogP contribution in [0.1, 0.15) is 13.8 Å². The molecule has 5 nitrogen and oxygen atoms in total. The van der Waals surface area contributed by atoms with Crippen molar-refractivity contribution in [2.45, 2.75) is 13.8 Å². The van der Waals surface area contributed by atoms with Crippen molar-refractivity contribution in [2.24, 2.45) is 0 Å². The predicted octanol–water partition coefficient (Wildman–Crippen LogP) is -0.643. The van der Waals surface area contributed by atoms with Crippen LogP contribution >= 0.6 is 0 Å². The second kappa shape index (κ2) is 22.6. The number of carboxylic acid groups (broad SMARTS) is 2. The maximum atomic E-state index is 9.00. The maximum Gasteiger partial charge on any atom is 0.300 e. The topological polar surface area (TPSA) is 106 Å². The summed E-state index contributed by atoms with van der Waals surface area (Å²) >= 11 is 0. The summed E-state index contributed by atoms with van der Waals surface area (Å²) in [6, 6.07) is 0. The molecule has 0 aromatic heterocycles. The number of carboxylic acids is 2. The summed E-state index contributed by atoms with van der Waals surface area (Å²) in [6.45, 7) is 2.17. The number of hydrogen-bond acceptors (Lipinski definition) is 2. The normalized spacial score (nSPS) is 4.55. The summed E-state index contributed by atoms with van der Waals surface area (Å²) in [4.78, 5) is 18.0. The number of rotatable bonds is 0. The van der Waals surface area contributed by atoms with Gasteiger partial charge in [-0.15, -0.1) is 0 Å². The first-order valence-corrected chi connectivity index (χ1v) is 1.86. The zero-order chi connectivity index (χ0) is 7.15. The van der Waals surface area contributed by atoms with Crippen LogP contribution in [0.15, 0.2) is 0 Å². The average molecular weight is 418 g/mol. The fourth-order valence-electron chi connectivity index (χ4n) is 0. The average Bonchev–Trinajstić information content (AvgIpc) is 1.25. The van der Waals surface area contributed by atoms with Gasteiger partial charge in [-0.05, 0) is 0 Å². The van der Waals surface area contributed by atoms with E-state index in [9.17, 15) is 0 Å². The van der Waals surface area contributed by atoms with E-state index in [2.05, 4.69) is 0 Å². The van der Waals surface area contributed by atoms with Crippen molar-refractivity contribution in [1.82, 2.24) is 0 Å². The van der Waals surface area contributed by atoms with Crippen LogP contribution < -0.4 is 0 Å². The van der Waals surface area contributed by atoms with Gasteiger partial charge in [0.15, 0.2) is 0 Å². The Morgan fingerprint density at radius 1 is 0.909 bits per heavy atom. The van der Waals surface area contributed by atoms with Gasteiger partial charge in [-0.2, -0.15) is 0 Å². The van der Waals surface area contributed by atoms with E-state index >= 15 is 0 Å². The van der Waals surface area contributed by atoms with E-state index in [0.717, 1.165) is 13.8 Å². The molecule has 7 heteroatoms. The van der Waals surface area contributed by atoms with Gasteiger partial charge in [-0.1, -0.05) is 0 Å². The van der Waals surface area contributed by atoms with Crippen molar-refractivity contribution in [3.63, 3.8) is 0 Å². The Kier molecular flexibility index (Phi) is 60.2. The van der Waals surface area contributed by atoms with Gasteiger partial charge in [0.2, 0.25) is 0 Å². The van der Waals surface area contributed by atoms with Crippen LogP contribution in [0.5, 0.6) is 0 Å². The molecule has 0 heterocycles. The molecule has 0 unspecified atom stereocenters. The molecule has 0 radical (unpaired) electrons. The largest absolute Gasteiger partial charge is 0.481 e. The molecular formula is C4H10Ce2O5. The Morgan fingerprint density at radius 2 is 0.909 bits per heavy atom. The minimum Gasteiger partial charge on any atom is -0.481 e. The first-order chi connectivity index (χ1) is 3.46. The Balaban J connectivity index is -0.0000000171. The molecule has 0 aliphatic heterocycles. The second-order valence-electron chi connectivity index (χ2n) is 1.04. The van der Waals surface area contributed by atoms with Gasteiger partial charge in [0.25, 0.3) is 11.9 Å². The molecule has 11 heavy (non-hydrogen) atoms. The van der Waals surface area contributed by atoms with E-state index in [1.807, 2.05) is 0 Å². The van der Waals surface area contributed by atoms with E-state index in [1.54, 1.807) is 0 Å². The van der Waals surface area contributed by atoms with E-state index in [-0.39, 0.29) is 89.0 Å². The van der Waals surface area contributed by atoms with E-state index in [1.165, 1.54) is 0 Å². The quantitative estimate of drug-likeness (QED) is 0.546. The molecule has 0 atom stereocenters. The van der Waals surface area contributed by atoms with Crippen LogP contribution in [0.25, 0.3) is 0 Å². The molecule has 0 rings (SSSR count). The summed E-state index contributed by atoms with van der Waals surface area (Å²) < 4.78 is 0. The zero-order valence-corrected chi connectivity index (χ0v) is 12.5. The molecule has 0 aliphatic carbocycles. The van der Waals surface area contributed by atoms with E-state index in [0.29, 0.717) is 0 Å². The van der Waals surface area contributed by atoms with Crippen molar-refractivity contribution in [3.05, 3.63) is 0 Å². The summed E-state index contributed by atoms with van der Waals surface area (Å²) in [5.74, 6) is -1.67. The van der Waals surface area contributed by atoms with Crippen molar-refractivity contribution in [2.75, 3.05) is 0 Å². The van der Waals surface area contributed by atoms with Gasteiger partial charge < -0.3 is 15.7 Å². The molecule has 0 bridgehead atoms. The molecule has 0 aromatic carbocycles. The van der Waals surface area contributed by atoms with Crippen LogP contribution in [-0.4, -0.2) is 27.6 Å². The summed E-state index contributed by atoms with van der Waals surface area (Å²) in [6.07, 6.45) is 0. The Labute approximate surface area is 132 Å². The number of hydrogen-bond donors (Lipinski definition) is 2. The molecule has 0 saturated carbocycles. The smallest absolute Gasteiger partial charge is 0.300 e. The maximum absolute atomic E-state index is 9.00. The Bertz CT molecular complexity index is 74.5. The predicted molar refractivity (Wildman–Crippen MR) is 30.2 cm³/mol. The van der Waals surface area contributed by atoms with Gasteiger partial charge in [-0.25, -0.2) is 0 Å². The van der Waals surface area contributed by atoms with Gasteiger partial charge in [0, 0.05) is 97.3 Å². The molecule has 0 aliphatic rings. The standard InChI is InChI=1S/2C2H4O2.2Ce.H2O/c2*1-2(3)4;;;/h2*1H3,(H,3,4);;;1H2. The first kappa shape index (κ1) is 29.3. The van der Waals surface area contributed by atoms with Crippen LogP contribution in [0, 0.1) is 83.5 Å². The molecule has 0 spiro atoms. The van der Waals surface area contributed by atoms with Crippen LogP contribution in [-0.2, 0) is 9.59 Å². The Hall–Kier alpha value is 1.65. The minimum absolute atomic E-state index is 0. The molecule has 0 amide bonds. The molecule has 0 aromatic rings. The van der Waals surface area contributed by atoms with Gasteiger partial charge in [0.05, 0.1) is 0 Å². The van der Waals surface area contributed by atoms with Crippen molar-refractivity contribution in [3.8, 4) is 0 Å². The summed E-state index contributed by atoms with van der Waals surface area (Å²) in [7, 11) is 0. The molecule has 0 saturated heterocycles. The molecule has 4 N–H and O–H groups in total. The van der Waals surface area contributed by atoms with Crippen LogP contribution in [0.4, 0.5) is 0 Å². The van der Waals surface area contributed by atoms with Crippen LogP contribution in [0.2, 0.25) is 0 Å². The van der Waals surface area contributed by atoms with Crippen LogP contribution in [0.3, 0.4) is 0 Å². The Morgan fingerprint density at radius 3 is 0.909 bits per heavy atom. The van der Waals surface area contributed by atoms with Gasteiger partial charge in [0.1, 0.15) is 0 Å². The summed E-state index contributed by atoms with van der Waals surface area (Å²) in [5.41, 5.74) is 0. The van der Waals surface area contributed by atoms with Gasteiger partial charge >= 0.3 is 0 Å². The number of aliphatic carboxylic acids is 2. The third-order valence-electron chi connectivity index (χ3n) is 0. The fourth-order valence-corrected chi connectivity index (χ4v) is 0. The number of carbonyl (C=O) groups is 2. The minimum atomic E-state index is -0.833. The second-order valence-corrected chi connectivity index (χ2v) is 1.04. The molecule has 0 fully saturated rings. The third-order valence-corrected chi connectivity index (χ3v) is 0. The zero-order valence-electron chi connectivity index (χ0n) is 6.21. The van der Waals surface area contributed by atoms with Crippen molar-refractivity contribution >= 4 is 11.9 Å². The van der Waals surface area contributed by atoms with Crippen molar-refractivity contribution < 1.29 is 109 Å². The first-order valence-electron chi connectivity index (χ1n) is 1.86.